The van der Waals surface area contributed by atoms with E-state index in [2.05, 4.69) is 0 Å². The fourth-order valence-electron chi connectivity index (χ4n) is 1.95. The summed E-state index contributed by atoms with van der Waals surface area (Å²) in [6.07, 6.45) is -0.623. The minimum atomic E-state index is -0.623. The Hall–Kier alpha value is -1.84. The van der Waals surface area contributed by atoms with Gasteiger partial charge in [-0.2, -0.15) is 0 Å². The van der Waals surface area contributed by atoms with Crippen molar-refractivity contribution in [2.24, 2.45) is 0 Å². The fraction of sp³-hybridized carbons (Fsp3) is 0.294. The van der Waals surface area contributed by atoms with E-state index < -0.39 is 6.10 Å². The molecular formula is C17H20O3. The molecule has 0 fully saturated rings. The highest BCUT2D eigenvalue weighted by molar-refractivity contribution is 5.28. The van der Waals surface area contributed by atoms with Gasteiger partial charge in [-0.3, -0.25) is 0 Å². The standard InChI is InChI=1S/C17H20O3/c1-13-6-8-15(9-7-13)17(18)12-20-16-5-3-4-14(10-16)11-19-2/h3-10,17-18H,11-12H2,1-2H3. The molecule has 0 aromatic heterocycles. The van der Waals surface area contributed by atoms with E-state index in [1.54, 1.807) is 7.11 Å². The molecule has 0 radical (unpaired) electrons. The van der Waals surface area contributed by atoms with Crippen LogP contribution in [0.1, 0.15) is 22.8 Å². The number of hydrogen-bond acceptors (Lipinski definition) is 3. The highest BCUT2D eigenvalue weighted by Gasteiger charge is 2.08. The fourth-order valence-corrected chi connectivity index (χ4v) is 1.95. The van der Waals surface area contributed by atoms with Crippen molar-refractivity contribution in [3.05, 3.63) is 65.2 Å². The van der Waals surface area contributed by atoms with Crippen LogP contribution in [-0.4, -0.2) is 18.8 Å². The van der Waals surface area contributed by atoms with Crippen LogP contribution in [-0.2, 0) is 11.3 Å². The Kier molecular flexibility index (Phi) is 5.16. The predicted octanol–water partition coefficient (Wildman–Crippen LogP) is 3.25. The SMILES string of the molecule is COCc1cccc(OCC(O)c2ccc(C)cc2)c1. The lowest BCUT2D eigenvalue weighted by atomic mass is 10.1. The third-order valence-corrected chi connectivity index (χ3v) is 3.08. The first kappa shape index (κ1) is 14.6. The lowest BCUT2D eigenvalue weighted by Gasteiger charge is -2.13. The Morgan fingerprint density at radius 1 is 1.10 bits per heavy atom. The highest BCUT2D eigenvalue weighted by Crippen LogP contribution is 2.18. The molecule has 0 aliphatic carbocycles. The Morgan fingerprint density at radius 3 is 2.55 bits per heavy atom. The van der Waals surface area contributed by atoms with E-state index in [1.807, 2.05) is 55.5 Å². The van der Waals surface area contributed by atoms with Gasteiger partial charge in [0.15, 0.2) is 0 Å². The molecule has 1 atom stereocenters. The van der Waals surface area contributed by atoms with Crippen LogP contribution in [0.2, 0.25) is 0 Å². The van der Waals surface area contributed by atoms with Gasteiger partial charge in [0, 0.05) is 7.11 Å². The van der Waals surface area contributed by atoms with E-state index in [0.717, 1.165) is 16.9 Å². The number of aliphatic hydroxyl groups excluding tert-OH is 1. The van der Waals surface area contributed by atoms with Crippen LogP contribution in [0.5, 0.6) is 5.75 Å². The zero-order valence-corrected chi connectivity index (χ0v) is 11.9. The second-order valence-corrected chi connectivity index (χ2v) is 4.82. The van der Waals surface area contributed by atoms with Gasteiger partial charge in [-0.05, 0) is 30.2 Å². The van der Waals surface area contributed by atoms with Gasteiger partial charge in [-0.1, -0.05) is 42.0 Å². The van der Waals surface area contributed by atoms with Crippen LogP contribution in [0.4, 0.5) is 0 Å². The number of aliphatic hydroxyl groups is 1. The first-order valence-corrected chi connectivity index (χ1v) is 6.64. The smallest absolute Gasteiger partial charge is 0.119 e. The van der Waals surface area contributed by atoms with Crippen LogP contribution in [0.25, 0.3) is 0 Å². The maximum atomic E-state index is 10.1. The van der Waals surface area contributed by atoms with Gasteiger partial charge < -0.3 is 14.6 Å². The van der Waals surface area contributed by atoms with E-state index in [4.69, 9.17) is 9.47 Å². The molecule has 1 N–H and O–H groups in total. The molecule has 3 heteroatoms. The van der Waals surface area contributed by atoms with Crippen molar-refractivity contribution in [3.8, 4) is 5.75 Å². The molecule has 0 saturated carbocycles. The Balaban J connectivity index is 1.94. The molecule has 106 valence electrons. The number of aryl methyl sites for hydroxylation is 1. The highest BCUT2D eigenvalue weighted by atomic mass is 16.5. The lowest BCUT2D eigenvalue weighted by Crippen LogP contribution is -2.09. The van der Waals surface area contributed by atoms with E-state index >= 15 is 0 Å². The minimum Gasteiger partial charge on any atom is -0.491 e. The normalized spacial score (nSPS) is 12.2. The zero-order valence-electron chi connectivity index (χ0n) is 11.9. The molecule has 2 rings (SSSR count). The van der Waals surface area contributed by atoms with Crippen molar-refractivity contribution < 1.29 is 14.6 Å². The van der Waals surface area contributed by atoms with Gasteiger partial charge in [-0.25, -0.2) is 0 Å². The Bertz CT molecular complexity index is 534. The van der Waals surface area contributed by atoms with Crippen LogP contribution >= 0.6 is 0 Å². The Morgan fingerprint density at radius 2 is 1.85 bits per heavy atom. The molecule has 0 heterocycles. The monoisotopic (exact) mass is 272 g/mol. The van der Waals surface area contributed by atoms with Gasteiger partial charge in [0.2, 0.25) is 0 Å². The summed E-state index contributed by atoms with van der Waals surface area (Å²) >= 11 is 0. The van der Waals surface area contributed by atoms with E-state index in [0.29, 0.717) is 6.61 Å². The summed E-state index contributed by atoms with van der Waals surface area (Å²) in [6.45, 7) is 2.81. The Labute approximate surface area is 119 Å². The predicted molar refractivity (Wildman–Crippen MR) is 78.8 cm³/mol. The molecule has 0 bridgehead atoms. The quantitative estimate of drug-likeness (QED) is 0.877. The number of methoxy groups -OCH3 is 1. The van der Waals surface area contributed by atoms with Crippen molar-refractivity contribution in [3.63, 3.8) is 0 Å². The summed E-state index contributed by atoms with van der Waals surface area (Å²) in [4.78, 5) is 0. The number of benzene rings is 2. The summed E-state index contributed by atoms with van der Waals surface area (Å²) < 4.78 is 10.7. The van der Waals surface area contributed by atoms with Crippen LogP contribution in [0.15, 0.2) is 48.5 Å². The molecule has 2 aromatic carbocycles. The van der Waals surface area contributed by atoms with Crippen molar-refractivity contribution >= 4 is 0 Å². The summed E-state index contributed by atoms with van der Waals surface area (Å²) in [7, 11) is 1.66. The van der Waals surface area contributed by atoms with Crippen LogP contribution in [0.3, 0.4) is 0 Å². The molecule has 1 unspecified atom stereocenters. The molecule has 3 nitrogen and oxygen atoms in total. The topological polar surface area (TPSA) is 38.7 Å². The summed E-state index contributed by atoms with van der Waals surface area (Å²) in [6, 6.07) is 15.5. The molecule has 0 aliphatic rings. The summed E-state index contributed by atoms with van der Waals surface area (Å²) in [5.74, 6) is 0.741. The van der Waals surface area contributed by atoms with E-state index in [-0.39, 0.29) is 6.61 Å². The average molecular weight is 272 g/mol. The van der Waals surface area contributed by atoms with Crippen LogP contribution in [0, 0.1) is 6.92 Å². The van der Waals surface area contributed by atoms with Crippen molar-refractivity contribution in [1.29, 1.82) is 0 Å². The zero-order chi connectivity index (χ0) is 14.4. The van der Waals surface area contributed by atoms with E-state index in [1.165, 1.54) is 5.56 Å². The van der Waals surface area contributed by atoms with Gasteiger partial charge in [0.1, 0.15) is 18.5 Å². The second-order valence-electron chi connectivity index (χ2n) is 4.82. The maximum absolute atomic E-state index is 10.1. The molecule has 20 heavy (non-hydrogen) atoms. The van der Waals surface area contributed by atoms with Crippen molar-refractivity contribution in [2.45, 2.75) is 19.6 Å². The molecule has 0 aliphatic heterocycles. The van der Waals surface area contributed by atoms with Crippen LogP contribution < -0.4 is 4.74 Å². The average Bonchev–Trinajstić information content (AvgIpc) is 2.46. The molecular weight excluding hydrogens is 252 g/mol. The number of hydrogen-bond donors (Lipinski definition) is 1. The van der Waals surface area contributed by atoms with Crippen molar-refractivity contribution in [2.75, 3.05) is 13.7 Å². The summed E-state index contributed by atoms with van der Waals surface area (Å²) in [5, 5.41) is 10.1. The van der Waals surface area contributed by atoms with Gasteiger partial charge in [0.05, 0.1) is 6.61 Å². The second kappa shape index (κ2) is 7.08. The summed E-state index contributed by atoms with van der Waals surface area (Å²) in [5.41, 5.74) is 3.09. The van der Waals surface area contributed by atoms with Gasteiger partial charge >= 0.3 is 0 Å². The number of ether oxygens (including phenoxy) is 2. The molecule has 0 saturated heterocycles. The first-order valence-electron chi connectivity index (χ1n) is 6.64. The lowest BCUT2D eigenvalue weighted by molar-refractivity contribution is 0.108. The maximum Gasteiger partial charge on any atom is 0.119 e. The minimum absolute atomic E-state index is 0.236. The largest absolute Gasteiger partial charge is 0.491 e. The molecule has 2 aromatic rings. The third kappa shape index (κ3) is 4.08. The molecule has 0 amide bonds. The molecule has 0 spiro atoms. The van der Waals surface area contributed by atoms with Crippen molar-refractivity contribution in [1.82, 2.24) is 0 Å². The first-order chi connectivity index (χ1) is 9.69. The third-order valence-electron chi connectivity index (χ3n) is 3.08. The van der Waals surface area contributed by atoms with Gasteiger partial charge in [0.25, 0.3) is 0 Å². The van der Waals surface area contributed by atoms with Gasteiger partial charge in [-0.15, -0.1) is 0 Å². The number of rotatable bonds is 6. The van der Waals surface area contributed by atoms with E-state index in [9.17, 15) is 5.11 Å².